The number of carbonyl (C=O) groups is 2. The number of carbonyl (C=O) groups excluding carboxylic acids is 2. The van der Waals surface area contributed by atoms with Crippen LogP contribution >= 0.6 is 11.8 Å². The first-order chi connectivity index (χ1) is 15.0. The predicted octanol–water partition coefficient (Wildman–Crippen LogP) is 4.60. The summed E-state index contributed by atoms with van der Waals surface area (Å²) in [5.41, 5.74) is 2.75. The van der Waals surface area contributed by atoms with Gasteiger partial charge >= 0.3 is 0 Å². The molecule has 1 amide bonds. The van der Waals surface area contributed by atoms with Gasteiger partial charge in [-0.05, 0) is 54.7 Å². The molecule has 31 heavy (non-hydrogen) atoms. The largest absolute Gasteiger partial charge is 0.491 e. The van der Waals surface area contributed by atoms with Crippen molar-refractivity contribution < 1.29 is 19.1 Å². The first-order valence-corrected chi connectivity index (χ1v) is 11.5. The van der Waals surface area contributed by atoms with Crippen LogP contribution in [0.1, 0.15) is 34.8 Å². The fraction of sp³-hybridized carbons (Fsp3) is 0.360. The molecule has 0 spiro atoms. The van der Waals surface area contributed by atoms with E-state index in [4.69, 9.17) is 9.47 Å². The van der Waals surface area contributed by atoms with Crippen LogP contribution in [0, 0.1) is 6.92 Å². The summed E-state index contributed by atoms with van der Waals surface area (Å²) in [6, 6.07) is 15.6. The van der Waals surface area contributed by atoms with E-state index in [2.05, 4.69) is 18.2 Å². The molecule has 1 aliphatic rings. The van der Waals surface area contributed by atoms with Crippen molar-refractivity contribution in [3.63, 3.8) is 0 Å². The minimum atomic E-state index is -0.156. The van der Waals surface area contributed by atoms with Crippen LogP contribution in [0.2, 0.25) is 0 Å². The van der Waals surface area contributed by atoms with Crippen LogP contribution in [0.25, 0.3) is 6.08 Å². The number of hydrogen-bond donors (Lipinski definition) is 0. The van der Waals surface area contributed by atoms with Crippen molar-refractivity contribution in [1.82, 2.24) is 4.90 Å². The third-order valence-electron chi connectivity index (χ3n) is 5.09. The van der Waals surface area contributed by atoms with Crippen molar-refractivity contribution in [3.05, 3.63) is 70.6 Å². The average molecular weight is 440 g/mol. The minimum Gasteiger partial charge on any atom is -0.491 e. The molecule has 1 atom stereocenters. The van der Waals surface area contributed by atoms with Gasteiger partial charge in [0, 0.05) is 24.3 Å². The van der Waals surface area contributed by atoms with Gasteiger partial charge in [-0.3, -0.25) is 9.59 Å². The zero-order chi connectivity index (χ0) is 22.1. The van der Waals surface area contributed by atoms with E-state index in [-0.39, 0.29) is 17.8 Å². The van der Waals surface area contributed by atoms with Crippen LogP contribution in [-0.2, 0) is 9.53 Å². The number of amides is 1. The quantitative estimate of drug-likeness (QED) is 0.422. The molecule has 0 bridgehead atoms. The molecule has 2 aromatic rings. The van der Waals surface area contributed by atoms with E-state index in [1.54, 1.807) is 30.8 Å². The van der Waals surface area contributed by atoms with Crippen LogP contribution in [0.3, 0.4) is 0 Å². The van der Waals surface area contributed by atoms with E-state index >= 15 is 0 Å². The summed E-state index contributed by atoms with van der Waals surface area (Å²) in [4.78, 5) is 26.0. The fourth-order valence-corrected chi connectivity index (χ4v) is 4.10. The maximum atomic E-state index is 12.6. The van der Waals surface area contributed by atoms with E-state index in [1.165, 1.54) is 0 Å². The summed E-state index contributed by atoms with van der Waals surface area (Å²) in [6.07, 6.45) is 2.40. The van der Waals surface area contributed by atoms with Crippen molar-refractivity contribution in [2.45, 2.75) is 26.4 Å². The summed E-state index contributed by atoms with van der Waals surface area (Å²) in [5.74, 6) is 1.65. The standard InChI is InChI=1S/C25H29NO4S/c1-19-16-22(8-9-24(19)20(2)27)30-18-23-17-26(12-13-29-23)25(28)11-15-31-14-10-21-6-4-3-5-7-21/h3-10,14,16,23H,11-13,15,17-18H2,1-2H3. The Morgan fingerprint density at radius 3 is 2.77 bits per heavy atom. The monoisotopic (exact) mass is 439 g/mol. The Hall–Kier alpha value is -2.57. The van der Waals surface area contributed by atoms with Crippen LogP contribution in [0.15, 0.2) is 53.9 Å². The zero-order valence-electron chi connectivity index (χ0n) is 18.1. The van der Waals surface area contributed by atoms with Gasteiger partial charge < -0.3 is 14.4 Å². The molecule has 0 aliphatic carbocycles. The maximum Gasteiger partial charge on any atom is 0.223 e. The number of Topliss-reactive ketones (excluding diaryl/α,β-unsaturated/α-hetero) is 1. The first kappa shape index (κ1) is 23.1. The van der Waals surface area contributed by atoms with E-state index in [0.717, 1.165) is 16.9 Å². The van der Waals surface area contributed by atoms with Gasteiger partial charge in [-0.1, -0.05) is 30.3 Å². The number of benzene rings is 2. The minimum absolute atomic E-state index is 0.0440. The maximum absolute atomic E-state index is 12.6. The number of morpholine rings is 1. The number of hydrogen-bond acceptors (Lipinski definition) is 5. The highest BCUT2D eigenvalue weighted by Crippen LogP contribution is 2.19. The SMILES string of the molecule is CC(=O)c1ccc(OCC2CN(C(=O)CCSC=Cc3ccccc3)CCO2)cc1C. The smallest absolute Gasteiger partial charge is 0.223 e. The molecule has 0 N–H and O–H groups in total. The van der Waals surface area contributed by atoms with Crippen molar-refractivity contribution >= 4 is 29.5 Å². The highest BCUT2D eigenvalue weighted by molar-refractivity contribution is 8.02. The third-order valence-corrected chi connectivity index (χ3v) is 5.86. The van der Waals surface area contributed by atoms with Crippen molar-refractivity contribution in [2.24, 2.45) is 0 Å². The molecule has 0 aromatic heterocycles. The van der Waals surface area contributed by atoms with Gasteiger partial charge in [0.15, 0.2) is 5.78 Å². The molecule has 1 unspecified atom stereocenters. The molecule has 1 aliphatic heterocycles. The molecule has 3 rings (SSSR count). The third kappa shape index (κ3) is 7.26. The lowest BCUT2D eigenvalue weighted by Crippen LogP contribution is -2.47. The molecule has 1 fully saturated rings. The molecule has 1 heterocycles. The number of aryl methyl sites for hydroxylation is 1. The average Bonchev–Trinajstić information content (AvgIpc) is 2.78. The summed E-state index contributed by atoms with van der Waals surface area (Å²) < 4.78 is 11.6. The Labute approximate surface area is 188 Å². The van der Waals surface area contributed by atoms with E-state index < -0.39 is 0 Å². The number of ether oxygens (including phenoxy) is 2. The number of thioether (sulfide) groups is 1. The number of nitrogens with zero attached hydrogens (tertiary/aromatic N) is 1. The second-order valence-electron chi connectivity index (χ2n) is 7.51. The summed E-state index contributed by atoms with van der Waals surface area (Å²) in [5, 5.41) is 2.04. The van der Waals surface area contributed by atoms with Gasteiger partial charge in [0.25, 0.3) is 0 Å². The van der Waals surface area contributed by atoms with Crippen molar-refractivity contribution in [2.75, 3.05) is 32.1 Å². The molecule has 164 valence electrons. The molecule has 6 heteroatoms. The molecule has 0 saturated carbocycles. The number of rotatable bonds is 9. The molecule has 0 radical (unpaired) electrons. The van der Waals surface area contributed by atoms with E-state index in [9.17, 15) is 9.59 Å². The van der Waals surface area contributed by atoms with Gasteiger partial charge in [-0.2, -0.15) is 0 Å². The Bertz CT molecular complexity index is 913. The topological polar surface area (TPSA) is 55.8 Å². The Balaban J connectivity index is 1.40. The number of ketones is 1. The van der Waals surface area contributed by atoms with Crippen LogP contribution in [-0.4, -0.2) is 54.8 Å². The molecule has 1 saturated heterocycles. The lowest BCUT2D eigenvalue weighted by molar-refractivity contribution is -0.139. The second-order valence-corrected chi connectivity index (χ2v) is 8.52. The summed E-state index contributed by atoms with van der Waals surface area (Å²) in [7, 11) is 0. The van der Waals surface area contributed by atoms with Gasteiger partial charge in [-0.15, -0.1) is 11.8 Å². The van der Waals surface area contributed by atoms with Gasteiger partial charge in [-0.25, -0.2) is 0 Å². The van der Waals surface area contributed by atoms with Crippen LogP contribution in [0.4, 0.5) is 0 Å². The van der Waals surface area contributed by atoms with E-state index in [0.29, 0.717) is 44.0 Å². The van der Waals surface area contributed by atoms with E-state index in [1.807, 2.05) is 41.5 Å². The Kier molecular flexibility index (Phi) is 8.74. The van der Waals surface area contributed by atoms with Gasteiger partial charge in [0.1, 0.15) is 18.5 Å². The van der Waals surface area contributed by atoms with Crippen molar-refractivity contribution in [1.29, 1.82) is 0 Å². The van der Waals surface area contributed by atoms with Crippen LogP contribution in [0.5, 0.6) is 5.75 Å². The highest BCUT2D eigenvalue weighted by Gasteiger charge is 2.24. The lowest BCUT2D eigenvalue weighted by Gasteiger charge is -2.33. The second kappa shape index (κ2) is 11.7. The highest BCUT2D eigenvalue weighted by atomic mass is 32.2. The van der Waals surface area contributed by atoms with Crippen LogP contribution < -0.4 is 4.74 Å². The van der Waals surface area contributed by atoms with Crippen molar-refractivity contribution in [3.8, 4) is 5.75 Å². The fourth-order valence-electron chi connectivity index (χ4n) is 3.42. The summed E-state index contributed by atoms with van der Waals surface area (Å²) in [6.45, 7) is 5.50. The molecule has 2 aromatic carbocycles. The zero-order valence-corrected chi connectivity index (χ0v) is 18.9. The summed E-state index contributed by atoms with van der Waals surface area (Å²) >= 11 is 1.65. The normalized spacial score (nSPS) is 16.5. The Morgan fingerprint density at radius 2 is 2.03 bits per heavy atom. The predicted molar refractivity (Wildman–Crippen MR) is 126 cm³/mol. The molecular formula is C25H29NO4S. The first-order valence-electron chi connectivity index (χ1n) is 10.5. The Morgan fingerprint density at radius 1 is 1.23 bits per heavy atom. The van der Waals surface area contributed by atoms with Gasteiger partial charge in [0.05, 0.1) is 13.2 Å². The molecular weight excluding hydrogens is 410 g/mol. The van der Waals surface area contributed by atoms with Gasteiger partial charge in [0.2, 0.25) is 5.91 Å². The lowest BCUT2D eigenvalue weighted by atomic mass is 10.1. The molecule has 5 nitrogen and oxygen atoms in total.